The first-order valence-electron chi connectivity index (χ1n) is 10.7. The molecule has 1 heterocycles. The minimum absolute atomic E-state index is 0.00466. The summed E-state index contributed by atoms with van der Waals surface area (Å²) < 4.78 is 10.3. The topological polar surface area (TPSA) is 76.2 Å². The Labute approximate surface area is 188 Å². The molecule has 0 saturated carbocycles. The predicted octanol–water partition coefficient (Wildman–Crippen LogP) is 3.13. The van der Waals surface area contributed by atoms with Gasteiger partial charge >= 0.3 is 5.97 Å². The molecule has 0 bridgehead atoms. The molecular formula is C25H30N2O5. The number of piperazine rings is 1. The molecule has 32 heavy (non-hydrogen) atoms. The van der Waals surface area contributed by atoms with Gasteiger partial charge in [0.1, 0.15) is 5.75 Å². The Morgan fingerprint density at radius 2 is 1.34 bits per heavy atom. The van der Waals surface area contributed by atoms with E-state index in [0.717, 1.165) is 5.56 Å². The second kappa shape index (κ2) is 9.85. The Morgan fingerprint density at radius 1 is 0.812 bits per heavy atom. The molecule has 1 saturated heterocycles. The minimum Gasteiger partial charge on any atom is -0.497 e. The van der Waals surface area contributed by atoms with Crippen LogP contribution in [0.25, 0.3) is 0 Å². The van der Waals surface area contributed by atoms with Gasteiger partial charge in [-0.15, -0.1) is 0 Å². The molecule has 0 unspecified atom stereocenters. The molecule has 170 valence electrons. The van der Waals surface area contributed by atoms with E-state index in [9.17, 15) is 14.4 Å². The number of benzene rings is 2. The van der Waals surface area contributed by atoms with Gasteiger partial charge in [-0.3, -0.25) is 9.59 Å². The van der Waals surface area contributed by atoms with Crippen molar-refractivity contribution in [1.29, 1.82) is 0 Å². The van der Waals surface area contributed by atoms with Gasteiger partial charge < -0.3 is 19.3 Å². The van der Waals surface area contributed by atoms with Crippen LogP contribution in [-0.4, -0.2) is 67.5 Å². The SMILES string of the molecule is COc1ccc(C(=O)N2CCN(C(=O)COC(=O)c3ccc(C(C)(C)C)cc3)CC2)cc1. The quantitative estimate of drug-likeness (QED) is 0.671. The monoisotopic (exact) mass is 438 g/mol. The third-order valence-corrected chi connectivity index (χ3v) is 5.57. The molecule has 7 nitrogen and oxygen atoms in total. The zero-order valence-electron chi connectivity index (χ0n) is 19.1. The van der Waals surface area contributed by atoms with Gasteiger partial charge in [-0.1, -0.05) is 32.9 Å². The first kappa shape index (κ1) is 23.3. The van der Waals surface area contributed by atoms with Crippen LogP contribution < -0.4 is 4.74 Å². The summed E-state index contributed by atoms with van der Waals surface area (Å²) in [5, 5.41) is 0. The number of carbonyl (C=O) groups is 3. The van der Waals surface area contributed by atoms with Gasteiger partial charge in [-0.05, 0) is 47.4 Å². The molecule has 0 spiro atoms. The van der Waals surface area contributed by atoms with Crippen LogP contribution in [0.4, 0.5) is 0 Å². The maximum absolute atomic E-state index is 12.6. The van der Waals surface area contributed by atoms with E-state index < -0.39 is 5.97 Å². The number of esters is 1. The molecule has 0 aliphatic carbocycles. The van der Waals surface area contributed by atoms with Gasteiger partial charge in [0.05, 0.1) is 12.7 Å². The number of ether oxygens (including phenoxy) is 2. The highest BCUT2D eigenvalue weighted by molar-refractivity contribution is 5.94. The Bertz CT molecular complexity index is 953. The fraction of sp³-hybridized carbons (Fsp3) is 0.400. The van der Waals surface area contributed by atoms with Crippen LogP contribution in [0.15, 0.2) is 48.5 Å². The van der Waals surface area contributed by atoms with Gasteiger partial charge in [0.2, 0.25) is 0 Å². The van der Waals surface area contributed by atoms with E-state index in [-0.39, 0.29) is 23.8 Å². The zero-order valence-corrected chi connectivity index (χ0v) is 19.1. The Kier molecular flexibility index (Phi) is 7.18. The van der Waals surface area contributed by atoms with Crippen molar-refractivity contribution in [2.75, 3.05) is 39.9 Å². The molecule has 1 aliphatic rings. The van der Waals surface area contributed by atoms with Gasteiger partial charge in [0, 0.05) is 31.7 Å². The highest BCUT2D eigenvalue weighted by atomic mass is 16.5. The van der Waals surface area contributed by atoms with Gasteiger partial charge in [-0.2, -0.15) is 0 Å². The van der Waals surface area contributed by atoms with Crippen LogP contribution in [0.5, 0.6) is 5.75 Å². The molecular weight excluding hydrogens is 408 g/mol. The first-order valence-corrected chi connectivity index (χ1v) is 10.7. The van der Waals surface area contributed by atoms with Crippen molar-refractivity contribution >= 4 is 17.8 Å². The Morgan fingerprint density at radius 3 is 1.88 bits per heavy atom. The molecule has 3 rings (SSSR count). The summed E-state index contributed by atoms with van der Waals surface area (Å²) in [7, 11) is 1.58. The van der Waals surface area contributed by atoms with E-state index in [4.69, 9.17) is 9.47 Å². The number of hydrogen-bond donors (Lipinski definition) is 0. The van der Waals surface area contributed by atoms with Crippen molar-refractivity contribution in [2.45, 2.75) is 26.2 Å². The average molecular weight is 439 g/mol. The lowest BCUT2D eigenvalue weighted by molar-refractivity contribution is -0.136. The Balaban J connectivity index is 1.47. The number of rotatable bonds is 5. The average Bonchev–Trinajstić information content (AvgIpc) is 2.81. The lowest BCUT2D eigenvalue weighted by Gasteiger charge is -2.34. The van der Waals surface area contributed by atoms with Crippen LogP contribution in [0.2, 0.25) is 0 Å². The van der Waals surface area contributed by atoms with Gasteiger partial charge in [-0.25, -0.2) is 4.79 Å². The van der Waals surface area contributed by atoms with E-state index in [1.807, 2.05) is 12.1 Å². The van der Waals surface area contributed by atoms with Crippen LogP contribution in [0, 0.1) is 0 Å². The molecule has 1 aliphatic heterocycles. The molecule has 2 aromatic rings. The molecule has 0 N–H and O–H groups in total. The van der Waals surface area contributed by atoms with E-state index in [1.165, 1.54) is 0 Å². The summed E-state index contributed by atoms with van der Waals surface area (Å²) in [6.45, 7) is 7.65. The van der Waals surface area contributed by atoms with E-state index in [0.29, 0.717) is 43.1 Å². The summed E-state index contributed by atoms with van der Waals surface area (Å²) in [6.07, 6.45) is 0. The minimum atomic E-state index is -0.521. The molecule has 0 atom stereocenters. The van der Waals surface area contributed by atoms with E-state index >= 15 is 0 Å². The second-order valence-electron chi connectivity index (χ2n) is 8.80. The standard InChI is InChI=1S/C25H30N2O5/c1-25(2,3)20-9-5-19(6-10-20)24(30)32-17-22(28)26-13-15-27(16-14-26)23(29)18-7-11-21(31-4)12-8-18/h5-12H,13-17H2,1-4H3. The van der Waals surface area contributed by atoms with E-state index in [1.54, 1.807) is 53.3 Å². The highest BCUT2D eigenvalue weighted by Gasteiger charge is 2.25. The van der Waals surface area contributed by atoms with Crippen molar-refractivity contribution in [3.63, 3.8) is 0 Å². The second-order valence-corrected chi connectivity index (χ2v) is 8.80. The van der Waals surface area contributed by atoms with Gasteiger partial charge in [0.25, 0.3) is 11.8 Å². The highest BCUT2D eigenvalue weighted by Crippen LogP contribution is 2.22. The molecule has 1 fully saturated rings. The number of amides is 2. The number of hydrogen-bond acceptors (Lipinski definition) is 5. The third-order valence-electron chi connectivity index (χ3n) is 5.57. The lowest BCUT2D eigenvalue weighted by atomic mass is 9.87. The Hall–Kier alpha value is -3.35. The maximum atomic E-state index is 12.6. The van der Waals surface area contributed by atoms with Crippen molar-refractivity contribution in [1.82, 2.24) is 9.80 Å². The van der Waals surface area contributed by atoms with Crippen LogP contribution in [-0.2, 0) is 14.9 Å². The van der Waals surface area contributed by atoms with Gasteiger partial charge in [0.15, 0.2) is 6.61 Å². The number of carbonyl (C=O) groups excluding carboxylic acids is 3. The summed E-state index contributed by atoms with van der Waals surface area (Å²) in [4.78, 5) is 40.7. The predicted molar refractivity (Wildman–Crippen MR) is 121 cm³/mol. The molecule has 7 heteroatoms. The largest absolute Gasteiger partial charge is 0.497 e. The summed E-state index contributed by atoms with van der Waals surface area (Å²) in [5.74, 6) is -0.171. The van der Waals surface area contributed by atoms with Crippen LogP contribution in [0.1, 0.15) is 47.1 Å². The summed E-state index contributed by atoms with van der Waals surface area (Å²) in [6, 6.07) is 14.2. The van der Waals surface area contributed by atoms with Crippen LogP contribution >= 0.6 is 0 Å². The van der Waals surface area contributed by atoms with Crippen molar-refractivity contribution < 1.29 is 23.9 Å². The first-order chi connectivity index (χ1) is 15.2. The molecule has 0 aromatic heterocycles. The third kappa shape index (κ3) is 5.66. The summed E-state index contributed by atoms with van der Waals surface area (Å²) >= 11 is 0. The zero-order chi connectivity index (χ0) is 23.3. The normalized spacial score (nSPS) is 14.1. The number of methoxy groups -OCH3 is 1. The number of nitrogens with zero attached hydrogens (tertiary/aromatic N) is 2. The van der Waals surface area contributed by atoms with Crippen molar-refractivity contribution in [2.24, 2.45) is 0 Å². The fourth-order valence-electron chi connectivity index (χ4n) is 3.48. The molecule has 0 radical (unpaired) electrons. The smallest absolute Gasteiger partial charge is 0.338 e. The fourth-order valence-corrected chi connectivity index (χ4v) is 3.48. The maximum Gasteiger partial charge on any atom is 0.338 e. The molecule has 2 amide bonds. The molecule has 2 aromatic carbocycles. The van der Waals surface area contributed by atoms with Crippen molar-refractivity contribution in [3.05, 3.63) is 65.2 Å². The lowest BCUT2D eigenvalue weighted by Crippen LogP contribution is -2.51. The van der Waals surface area contributed by atoms with Crippen molar-refractivity contribution in [3.8, 4) is 5.75 Å². The van der Waals surface area contributed by atoms with E-state index in [2.05, 4.69) is 20.8 Å². The summed E-state index contributed by atoms with van der Waals surface area (Å²) in [5.41, 5.74) is 2.11. The van der Waals surface area contributed by atoms with Crippen LogP contribution in [0.3, 0.4) is 0 Å².